The quantitative estimate of drug-likeness (QED) is 0.750. The van der Waals surface area contributed by atoms with Crippen molar-refractivity contribution in [1.29, 1.82) is 0 Å². The third-order valence-electron chi connectivity index (χ3n) is 3.68. The minimum Gasteiger partial charge on any atom is -0.341 e. The predicted octanol–water partition coefficient (Wildman–Crippen LogP) is 0.572. The van der Waals surface area contributed by atoms with Crippen molar-refractivity contribution in [3.63, 3.8) is 0 Å². The Kier molecular flexibility index (Phi) is 6.23. The highest BCUT2D eigenvalue weighted by atomic mass is 35.5. The number of carbonyl (C=O) groups is 1. The smallest absolute Gasteiger partial charge is 0.227 e. The molecule has 5 heteroatoms. The van der Waals surface area contributed by atoms with E-state index in [1.807, 2.05) is 0 Å². The van der Waals surface area contributed by atoms with Crippen LogP contribution in [0.2, 0.25) is 0 Å². The Hall–Kier alpha value is -0.320. The molecule has 1 N–H and O–H groups in total. The van der Waals surface area contributed by atoms with Gasteiger partial charge in [0.15, 0.2) is 0 Å². The normalized spacial score (nSPS) is 27.1. The van der Waals surface area contributed by atoms with E-state index in [1.54, 1.807) is 0 Å². The van der Waals surface area contributed by atoms with Crippen molar-refractivity contribution in [3.05, 3.63) is 0 Å². The van der Waals surface area contributed by atoms with Crippen LogP contribution in [0.15, 0.2) is 0 Å². The largest absolute Gasteiger partial charge is 0.341 e. The molecule has 2 fully saturated rings. The van der Waals surface area contributed by atoms with E-state index in [-0.39, 0.29) is 18.3 Å². The first-order valence-electron chi connectivity index (χ1n) is 6.45. The average molecular weight is 262 g/mol. The maximum Gasteiger partial charge on any atom is 0.227 e. The third kappa shape index (κ3) is 4.12. The van der Waals surface area contributed by atoms with Crippen LogP contribution in [0.4, 0.5) is 0 Å². The molecule has 4 nitrogen and oxygen atoms in total. The monoisotopic (exact) mass is 261 g/mol. The molecule has 2 aliphatic heterocycles. The SMILES string of the molecule is CN1CCCN(C(=O)C2CCCNC2)CC1.Cl. The van der Waals surface area contributed by atoms with Gasteiger partial charge in [-0.3, -0.25) is 4.79 Å². The Balaban J connectivity index is 0.00000144. The summed E-state index contributed by atoms with van der Waals surface area (Å²) in [6, 6.07) is 0. The number of likely N-dealkylation sites (N-methyl/N-ethyl adjacent to an activating group) is 1. The predicted molar refractivity (Wildman–Crippen MR) is 71.5 cm³/mol. The van der Waals surface area contributed by atoms with Crippen LogP contribution in [0.1, 0.15) is 19.3 Å². The lowest BCUT2D eigenvalue weighted by Gasteiger charge is -2.28. The number of hydrogen-bond acceptors (Lipinski definition) is 3. The second-order valence-electron chi connectivity index (χ2n) is 5.03. The summed E-state index contributed by atoms with van der Waals surface area (Å²) < 4.78 is 0. The molecule has 0 aromatic heterocycles. The molecule has 2 saturated heterocycles. The van der Waals surface area contributed by atoms with Gasteiger partial charge < -0.3 is 15.1 Å². The third-order valence-corrected chi connectivity index (χ3v) is 3.68. The number of rotatable bonds is 1. The minimum absolute atomic E-state index is 0. The van der Waals surface area contributed by atoms with Crippen molar-refractivity contribution in [2.45, 2.75) is 19.3 Å². The minimum atomic E-state index is 0. The van der Waals surface area contributed by atoms with Crippen LogP contribution in [0.25, 0.3) is 0 Å². The highest BCUT2D eigenvalue weighted by molar-refractivity contribution is 5.85. The molecule has 2 rings (SSSR count). The first-order chi connectivity index (χ1) is 7.77. The Morgan fingerprint density at radius 3 is 2.71 bits per heavy atom. The molecule has 0 saturated carbocycles. The van der Waals surface area contributed by atoms with E-state index in [9.17, 15) is 4.79 Å². The summed E-state index contributed by atoms with van der Waals surface area (Å²) in [6.45, 7) is 5.95. The fraction of sp³-hybridized carbons (Fsp3) is 0.917. The highest BCUT2D eigenvalue weighted by Gasteiger charge is 2.26. The van der Waals surface area contributed by atoms with Crippen LogP contribution in [0.3, 0.4) is 0 Å². The van der Waals surface area contributed by atoms with E-state index in [1.165, 1.54) is 0 Å². The molecular weight excluding hydrogens is 238 g/mol. The van der Waals surface area contributed by atoms with Gasteiger partial charge in [0.2, 0.25) is 5.91 Å². The zero-order valence-electron chi connectivity index (χ0n) is 10.7. The Bertz CT molecular complexity index is 244. The molecule has 0 aromatic carbocycles. The highest BCUT2D eigenvalue weighted by Crippen LogP contribution is 2.14. The summed E-state index contributed by atoms with van der Waals surface area (Å²) in [5.74, 6) is 0.611. The molecule has 0 aliphatic carbocycles. The molecule has 2 aliphatic rings. The molecule has 1 atom stereocenters. The molecule has 100 valence electrons. The summed E-state index contributed by atoms with van der Waals surface area (Å²) in [4.78, 5) is 16.7. The van der Waals surface area contributed by atoms with E-state index in [0.717, 1.165) is 58.5 Å². The fourth-order valence-corrected chi connectivity index (χ4v) is 2.59. The summed E-state index contributed by atoms with van der Waals surface area (Å²) >= 11 is 0. The summed E-state index contributed by atoms with van der Waals surface area (Å²) in [5, 5.41) is 3.32. The van der Waals surface area contributed by atoms with Gasteiger partial charge in [0, 0.05) is 26.2 Å². The summed E-state index contributed by atoms with van der Waals surface area (Å²) in [6.07, 6.45) is 3.32. The lowest BCUT2D eigenvalue weighted by Crippen LogP contribution is -2.44. The maximum absolute atomic E-state index is 12.3. The van der Waals surface area contributed by atoms with Crippen LogP contribution in [-0.4, -0.2) is 62.0 Å². The van der Waals surface area contributed by atoms with Gasteiger partial charge in [-0.15, -0.1) is 12.4 Å². The first-order valence-corrected chi connectivity index (χ1v) is 6.45. The average Bonchev–Trinajstić information content (AvgIpc) is 2.54. The van der Waals surface area contributed by atoms with E-state index >= 15 is 0 Å². The van der Waals surface area contributed by atoms with Crippen LogP contribution >= 0.6 is 12.4 Å². The number of nitrogens with zero attached hydrogens (tertiary/aromatic N) is 2. The van der Waals surface area contributed by atoms with E-state index in [4.69, 9.17) is 0 Å². The molecule has 1 amide bonds. The number of piperidine rings is 1. The zero-order valence-corrected chi connectivity index (χ0v) is 11.5. The molecule has 17 heavy (non-hydrogen) atoms. The van der Waals surface area contributed by atoms with E-state index in [2.05, 4.69) is 22.2 Å². The number of nitrogens with one attached hydrogen (secondary N) is 1. The van der Waals surface area contributed by atoms with Crippen molar-refractivity contribution in [3.8, 4) is 0 Å². The van der Waals surface area contributed by atoms with Crippen LogP contribution in [-0.2, 0) is 4.79 Å². The topological polar surface area (TPSA) is 35.6 Å². The Morgan fingerprint density at radius 2 is 2.00 bits per heavy atom. The van der Waals surface area contributed by atoms with Crippen LogP contribution in [0.5, 0.6) is 0 Å². The lowest BCUT2D eigenvalue weighted by atomic mass is 9.98. The number of amides is 1. The molecule has 0 bridgehead atoms. The van der Waals surface area contributed by atoms with Gasteiger partial charge in [-0.2, -0.15) is 0 Å². The summed E-state index contributed by atoms with van der Waals surface area (Å²) in [7, 11) is 2.14. The summed E-state index contributed by atoms with van der Waals surface area (Å²) in [5.41, 5.74) is 0. The van der Waals surface area contributed by atoms with Gasteiger partial charge in [-0.1, -0.05) is 0 Å². The first kappa shape index (κ1) is 14.7. The molecule has 1 unspecified atom stereocenters. The van der Waals surface area contributed by atoms with Crippen molar-refractivity contribution in [2.75, 3.05) is 46.3 Å². The maximum atomic E-state index is 12.3. The number of hydrogen-bond donors (Lipinski definition) is 1. The van der Waals surface area contributed by atoms with Crippen LogP contribution < -0.4 is 5.32 Å². The van der Waals surface area contributed by atoms with Crippen molar-refractivity contribution in [2.24, 2.45) is 5.92 Å². The second-order valence-corrected chi connectivity index (χ2v) is 5.03. The fourth-order valence-electron chi connectivity index (χ4n) is 2.59. The second kappa shape index (κ2) is 7.19. The van der Waals surface area contributed by atoms with Crippen LogP contribution in [0, 0.1) is 5.92 Å². The molecular formula is C12H24ClN3O. The number of carbonyl (C=O) groups excluding carboxylic acids is 1. The Labute approximate surface area is 110 Å². The van der Waals surface area contributed by atoms with Gasteiger partial charge in [0.05, 0.1) is 5.92 Å². The van der Waals surface area contributed by atoms with E-state index in [0.29, 0.717) is 5.91 Å². The molecule has 2 heterocycles. The van der Waals surface area contributed by atoms with Crippen molar-refractivity contribution in [1.82, 2.24) is 15.1 Å². The van der Waals surface area contributed by atoms with Gasteiger partial charge in [0.1, 0.15) is 0 Å². The number of halogens is 1. The van der Waals surface area contributed by atoms with Gasteiger partial charge in [-0.05, 0) is 39.4 Å². The lowest BCUT2D eigenvalue weighted by molar-refractivity contribution is -0.135. The van der Waals surface area contributed by atoms with Crippen molar-refractivity contribution < 1.29 is 4.79 Å². The zero-order chi connectivity index (χ0) is 11.4. The van der Waals surface area contributed by atoms with Crippen molar-refractivity contribution >= 4 is 18.3 Å². The molecule has 0 spiro atoms. The Morgan fingerprint density at radius 1 is 1.18 bits per heavy atom. The van der Waals surface area contributed by atoms with Gasteiger partial charge >= 0.3 is 0 Å². The van der Waals surface area contributed by atoms with Gasteiger partial charge in [0.25, 0.3) is 0 Å². The molecule has 0 radical (unpaired) electrons. The standard InChI is InChI=1S/C12H23N3O.ClH/c1-14-6-3-7-15(9-8-14)12(16)11-4-2-5-13-10-11;/h11,13H,2-10H2,1H3;1H. The van der Waals surface area contributed by atoms with Gasteiger partial charge in [-0.25, -0.2) is 0 Å². The van der Waals surface area contributed by atoms with E-state index < -0.39 is 0 Å². The molecule has 0 aromatic rings.